The fourth-order valence-corrected chi connectivity index (χ4v) is 2.36. The lowest BCUT2D eigenvalue weighted by molar-refractivity contribution is 0.136. The minimum absolute atomic E-state index is 0.0694. The van der Waals surface area contributed by atoms with Gasteiger partial charge in [0.2, 0.25) is 0 Å². The first-order valence-electron chi connectivity index (χ1n) is 7.37. The predicted octanol–water partition coefficient (Wildman–Crippen LogP) is 0.146. The number of hydrogen-bond donors (Lipinski definition) is 3. The van der Waals surface area contributed by atoms with Gasteiger partial charge in [-0.3, -0.25) is 4.90 Å². The smallest absolute Gasteiger partial charge is 0.0558 e. The maximum Gasteiger partial charge on any atom is 0.0558 e. The molecule has 1 saturated carbocycles. The normalized spacial score (nSPS) is 16.6. The van der Waals surface area contributed by atoms with Crippen molar-refractivity contribution < 1.29 is 15.3 Å². The van der Waals surface area contributed by atoms with Gasteiger partial charge in [-0.05, 0) is 26.9 Å². The molecule has 0 saturated heterocycles. The lowest BCUT2D eigenvalue weighted by atomic mass is 9.95. The molecule has 1 rings (SSSR count). The third-order valence-electron chi connectivity index (χ3n) is 3.55. The Morgan fingerprint density at radius 2 is 1.21 bits per heavy atom. The first-order chi connectivity index (χ1) is 9.15. The number of aliphatic hydroxyl groups excluding tert-OH is 3. The van der Waals surface area contributed by atoms with Crippen LogP contribution in [0.4, 0.5) is 0 Å². The molecule has 0 aromatic rings. The van der Waals surface area contributed by atoms with Gasteiger partial charge in [-0.2, -0.15) is 0 Å². The van der Waals surface area contributed by atoms with Gasteiger partial charge in [0, 0.05) is 25.7 Å². The van der Waals surface area contributed by atoms with Crippen LogP contribution in [0.1, 0.15) is 32.1 Å². The Labute approximate surface area is 117 Å². The number of rotatable bonds is 7. The highest BCUT2D eigenvalue weighted by Crippen LogP contribution is 2.20. The minimum Gasteiger partial charge on any atom is -0.395 e. The summed E-state index contributed by atoms with van der Waals surface area (Å²) < 4.78 is 0. The number of nitrogens with zero attached hydrogens (tertiary/aromatic N) is 2. The maximum atomic E-state index is 8.48. The second-order valence-electron chi connectivity index (χ2n) is 5.27. The van der Waals surface area contributed by atoms with Crippen LogP contribution in [0, 0.1) is 0 Å². The molecule has 5 nitrogen and oxygen atoms in total. The molecule has 1 fully saturated rings. The second-order valence-corrected chi connectivity index (χ2v) is 5.27. The SMILES string of the molecule is CN(C)C1CCCCC1.OCCN(CCO)CCO. The van der Waals surface area contributed by atoms with Crippen molar-refractivity contribution in [3.8, 4) is 0 Å². The second kappa shape index (κ2) is 12.8. The molecule has 5 heteroatoms. The van der Waals surface area contributed by atoms with E-state index in [1.54, 1.807) is 4.90 Å². The van der Waals surface area contributed by atoms with Crippen molar-refractivity contribution in [1.82, 2.24) is 9.80 Å². The number of aliphatic hydroxyl groups is 3. The van der Waals surface area contributed by atoms with Crippen LogP contribution in [0.15, 0.2) is 0 Å². The van der Waals surface area contributed by atoms with Gasteiger partial charge in [-0.1, -0.05) is 19.3 Å². The van der Waals surface area contributed by atoms with Gasteiger partial charge in [0.25, 0.3) is 0 Å². The highest BCUT2D eigenvalue weighted by Gasteiger charge is 2.13. The van der Waals surface area contributed by atoms with Crippen LogP contribution in [-0.4, -0.2) is 84.7 Å². The maximum absolute atomic E-state index is 8.48. The van der Waals surface area contributed by atoms with E-state index in [0.717, 1.165) is 6.04 Å². The molecule has 0 heterocycles. The molecule has 0 aromatic carbocycles. The average Bonchev–Trinajstić information content (AvgIpc) is 2.41. The van der Waals surface area contributed by atoms with E-state index < -0.39 is 0 Å². The van der Waals surface area contributed by atoms with Crippen molar-refractivity contribution in [2.45, 2.75) is 38.1 Å². The van der Waals surface area contributed by atoms with Crippen LogP contribution in [0.25, 0.3) is 0 Å². The van der Waals surface area contributed by atoms with E-state index in [-0.39, 0.29) is 19.8 Å². The van der Waals surface area contributed by atoms with Gasteiger partial charge >= 0.3 is 0 Å². The summed E-state index contributed by atoms with van der Waals surface area (Å²) in [7, 11) is 4.38. The molecule has 0 atom stereocenters. The van der Waals surface area contributed by atoms with Crippen LogP contribution >= 0.6 is 0 Å². The summed E-state index contributed by atoms with van der Waals surface area (Å²) in [5.74, 6) is 0. The van der Waals surface area contributed by atoms with Crippen molar-refractivity contribution in [3.05, 3.63) is 0 Å². The molecule has 0 amide bonds. The van der Waals surface area contributed by atoms with Crippen molar-refractivity contribution in [3.63, 3.8) is 0 Å². The molecule has 0 spiro atoms. The Bertz CT molecular complexity index is 171. The average molecular weight is 276 g/mol. The summed E-state index contributed by atoms with van der Waals surface area (Å²) in [6, 6.07) is 0.888. The van der Waals surface area contributed by atoms with Crippen LogP contribution in [0.5, 0.6) is 0 Å². The molecule has 0 radical (unpaired) electrons. The summed E-state index contributed by atoms with van der Waals surface area (Å²) in [6.07, 6.45) is 7.20. The van der Waals surface area contributed by atoms with Crippen molar-refractivity contribution in [2.24, 2.45) is 0 Å². The van der Waals surface area contributed by atoms with Crippen molar-refractivity contribution in [2.75, 3.05) is 53.6 Å². The molecule has 0 aliphatic heterocycles. The molecular formula is C14H32N2O3. The molecule has 1 aliphatic carbocycles. The summed E-state index contributed by atoms with van der Waals surface area (Å²) in [6.45, 7) is 1.75. The van der Waals surface area contributed by atoms with E-state index in [1.807, 2.05) is 0 Å². The third-order valence-corrected chi connectivity index (χ3v) is 3.55. The summed E-state index contributed by atoms with van der Waals surface area (Å²) >= 11 is 0. The van der Waals surface area contributed by atoms with Gasteiger partial charge in [0.15, 0.2) is 0 Å². The van der Waals surface area contributed by atoms with Crippen LogP contribution in [-0.2, 0) is 0 Å². The van der Waals surface area contributed by atoms with Crippen LogP contribution < -0.4 is 0 Å². The first kappa shape index (κ1) is 18.8. The fourth-order valence-electron chi connectivity index (χ4n) is 2.36. The molecule has 0 aromatic heterocycles. The quantitative estimate of drug-likeness (QED) is 0.617. The van der Waals surface area contributed by atoms with Gasteiger partial charge in [0.1, 0.15) is 0 Å². The summed E-state index contributed by atoms with van der Waals surface area (Å²) in [5.41, 5.74) is 0. The van der Waals surface area contributed by atoms with Crippen LogP contribution in [0.2, 0.25) is 0 Å². The first-order valence-corrected chi connectivity index (χ1v) is 7.37. The Kier molecular flexibility index (Phi) is 12.7. The Balaban J connectivity index is 0.000000342. The lowest BCUT2D eigenvalue weighted by Gasteiger charge is -2.27. The third kappa shape index (κ3) is 10.3. The van der Waals surface area contributed by atoms with E-state index >= 15 is 0 Å². The molecule has 19 heavy (non-hydrogen) atoms. The molecular weight excluding hydrogens is 244 g/mol. The van der Waals surface area contributed by atoms with Gasteiger partial charge < -0.3 is 20.2 Å². The standard InChI is InChI=1S/C8H17N.C6H15NO3/c1-9(2)8-6-4-3-5-7-8;8-4-1-7(2-5-9)3-6-10/h8H,3-7H2,1-2H3;8-10H,1-6H2. The monoisotopic (exact) mass is 276 g/mol. The van der Waals surface area contributed by atoms with Gasteiger partial charge in [-0.25, -0.2) is 0 Å². The molecule has 116 valence electrons. The van der Waals surface area contributed by atoms with E-state index in [2.05, 4.69) is 19.0 Å². The Hall–Kier alpha value is -0.200. The summed E-state index contributed by atoms with van der Waals surface area (Å²) in [5, 5.41) is 25.5. The van der Waals surface area contributed by atoms with Crippen molar-refractivity contribution >= 4 is 0 Å². The van der Waals surface area contributed by atoms with Gasteiger partial charge in [-0.15, -0.1) is 0 Å². The molecule has 3 N–H and O–H groups in total. The minimum atomic E-state index is 0.0694. The fraction of sp³-hybridized carbons (Fsp3) is 1.00. The highest BCUT2D eigenvalue weighted by atomic mass is 16.3. The van der Waals surface area contributed by atoms with Crippen LogP contribution in [0.3, 0.4) is 0 Å². The van der Waals surface area contributed by atoms with E-state index in [4.69, 9.17) is 15.3 Å². The zero-order valence-electron chi connectivity index (χ0n) is 12.6. The Morgan fingerprint density at radius 3 is 1.47 bits per heavy atom. The van der Waals surface area contributed by atoms with E-state index in [1.165, 1.54) is 32.1 Å². The van der Waals surface area contributed by atoms with E-state index in [0.29, 0.717) is 19.6 Å². The molecule has 0 bridgehead atoms. The topological polar surface area (TPSA) is 67.2 Å². The Morgan fingerprint density at radius 1 is 0.789 bits per heavy atom. The lowest BCUT2D eigenvalue weighted by Crippen LogP contribution is -2.32. The molecule has 0 unspecified atom stereocenters. The largest absolute Gasteiger partial charge is 0.395 e. The van der Waals surface area contributed by atoms with E-state index in [9.17, 15) is 0 Å². The zero-order valence-corrected chi connectivity index (χ0v) is 12.6. The molecule has 1 aliphatic rings. The number of hydrogen-bond acceptors (Lipinski definition) is 5. The zero-order chi connectivity index (χ0) is 14.5. The predicted molar refractivity (Wildman–Crippen MR) is 78.3 cm³/mol. The highest BCUT2D eigenvalue weighted by molar-refractivity contribution is 4.70. The summed E-state index contributed by atoms with van der Waals surface area (Å²) in [4.78, 5) is 4.15. The van der Waals surface area contributed by atoms with Crippen molar-refractivity contribution in [1.29, 1.82) is 0 Å². The van der Waals surface area contributed by atoms with Gasteiger partial charge in [0.05, 0.1) is 19.8 Å².